The van der Waals surface area contributed by atoms with Gasteiger partial charge in [0.25, 0.3) is 0 Å². The molecule has 0 aliphatic heterocycles. The smallest absolute Gasteiger partial charge is 0.345 e. The van der Waals surface area contributed by atoms with Crippen molar-refractivity contribution < 1.29 is 36.9 Å². The summed E-state index contributed by atoms with van der Waals surface area (Å²) in [7, 11) is 1.94. The lowest BCUT2D eigenvalue weighted by Crippen LogP contribution is -2.31. The van der Waals surface area contributed by atoms with E-state index in [0.717, 1.165) is 37.2 Å². The van der Waals surface area contributed by atoms with Crippen LogP contribution in [0.5, 0.6) is 5.88 Å². The molecule has 0 aromatic carbocycles. The number of hydrogen-bond donors (Lipinski definition) is 1. The van der Waals surface area contributed by atoms with Crippen LogP contribution in [-0.4, -0.2) is 72.6 Å². The maximum absolute atomic E-state index is 12.4. The number of alkyl halides is 4. The molecular formula is C24H36BrF4N3O4. The molecule has 0 saturated heterocycles. The second-order valence-electron chi connectivity index (χ2n) is 8.96. The monoisotopic (exact) mass is 585 g/mol. The van der Waals surface area contributed by atoms with Crippen LogP contribution >= 0.6 is 15.9 Å². The van der Waals surface area contributed by atoms with E-state index in [9.17, 15) is 17.6 Å². The van der Waals surface area contributed by atoms with Gasteiger partial charge in [0.2, 0.25) is 5.88 Å². The maximum Gasteiger partial charge on any atom is 0.345 e. The van der Waals surface area contributed by atoms with Gasteiger partial charge in [-0.1, -0.05) is 0 Å². The summed E-state index contributed by atoms with van der Waals surface area (Å²) in [4.78, 5) is 10.8. The highest BCUT2D eigenvalue weighted by molar-refractivity contribution is 9.10. The van der Waals surface area contributed by atoms with Crippen LogP contribution in [0.25, 0.3) is 0 Å². The summed E-state index contributed by atoms with van der Waals surface area (Å²) in [5.41, 5.74) is 1.50. The zero-order valence-electron chi connectivity index (χ0n) is 20.9. The average molecular weight is 586 g/mol. The van der Waals surface area contributed by atoms with Gasteiger partial charge in [-0.05, 0) is 80.8 Å². The molecule has 36 heavy (non-hydrogen) atoms. The second-order valence-corrected chi connectivity index (χ2v) is 9.82. The van der Waals surface area contributed by atoms with Crippen molar-refractivity contribution in [1.82, 2.24) is 9.88 Å². The van der Waals surface area contributed by atoms with Gasteiger partial charge in [0.1, 0.15) is 6.10 Å². The molecule has 1 N–H and O–H groups in total. The first-order valence-electron chi connectivity index (χ1n) is 12.2. The van der Waals surface area contributed by atoms with Crippen LogP contribution in [0.15, 0.2) is 15.5 Å². The van der Waals surface area contributed by atoms with Crippen molar-refractivity contribution >= 4 is 28.0 Å². The van der Waals surface area contributed by atoms with Gasteiger partial charge in [0.05, 0.1) is 40.5 Å². The number of aliphatic hydroxyl groups excluding tert-OH is 1. The summed E-state index contributed by atoms with van der Waals surface area (Å²) in [6.07, 6.45) is 5.37. The summed E-state index contributed by atoms with van der Waals surface area (Å²) >= 11 is 3.46. The number of nitrogens with zero attached hydrogens (tertiary/aromatic N) is 3. The molecule has 0 radical (unpaired) electrons. The van der Waals surface area contributed by atoms with Gasteiger partial charge in [-0.2, -0.15) is 17.6 Å². The van der Waals surface area contributed by atoms with Crippen molar-refractivity contribution in [3.8, 4) is 5.88 Å². The number of pyridine rings is 1. The van der Waals surface area contributed by atoms with Gasteiger partial charge >= 0.3 is 13.2 Å². The van der Waals surface area contributed by atoms with Crippen LogP contribution in [0.3, 0.4) is 0 Å². The third-order valence-corrected chi connectivity index (χ3v) is 6.61. The van der Waals surface area contributed by atoms with Crippen molar-refractivity contribution in [3.63, 3.8) is 0 Å². The number of aliphatic hydroxyl groups is 1. The minimum absolute atomic E-state index is 0.179. The van der Waals surface area contributed by atoms with E-state index in [0.29, 0.717) is 42.5 Å². The molecule has 2 fully saturated rings. The zero-order chi connectivity index (χ0) is 26.7. The van der Waals surface area contributed by atoms with E-state index in [2.05, 4.69) is 35.4 Å². The Bertz CT molecular complexity index is 820. The molecule has 3 rings (SSSR count). The van der Waals surface area contributed by atoms with Gasteiger partial charge in [-0.15, -0.1) is 0 Å². The Labute approximate surface area is 218 Å². The topological polar surface area (TPSA) is 76.4 Å². The summed E-state index contributed by atoms with van der Waals surface area (Å²) in [6, 6.07) is 1.85. The molecule has 2 saturated carbocycles. The third-order valence-electron chi connectivity index (χ3n) is 6.05. The van der Waals surface area contributed by atoms with E-state index in [4.69, 9.17) is 9.84 Å². The molecule has 0 spiro atoms. The van der Waals surface area contributed by atoms with Crippen molar-refractivity contribution in [1.29, 1.82) is 0 Å². The number of aromatic nitrogens is 1. The zero-order valence-corrected chi connectivity index (χ0v) is 22.5. The van der Waals surface area contributed by atoms with Crippen LogP contribution in [0.4, 0.5) is 23.2 Å². The molecule has 2 aliphatic carbocycles. The van der Waals surface area contributed by atoms with Crippen molar-refractivity contribution in [3.05, 3.63) is 16.2 Å². The molecule has 1 aromatic heterocycles. The quantitative estimate of drug-likeness (QED) is 0.210. The molecule has 1 aromatic rings. The predicted octanol–water partition coefficient (Wildman–Crippen LogP) is 6.22. The van der Waals surface area contributed by atoms with Gasteiger partial charge in [-0.25, -0.2) is 9.98 Å². The number of aliphatic imine (C=N–C) groups is 1. The van der Waals surface area contributed by atoms with Gasteiger partial charge in [-0.3, -0.25) is 0 Å². The first-order valence-corrected chi connectivity index (χ1v) is 13.0. The minimum atomic E-state index is -2.74. The Morgan fingerprint density at radius 1 is 1.08 bits per heavy atom. The fourth-order valence-electron chi connectivity index (χ4n) is 4.03. The molecule has 12 heteroatoms. The first-order chi connectivity index (χ1) is 17.1. The van der Waals surface area contributed by atoms with Crippen LogP contribution in [0.2, 0.25) is 0 Å². The number of aryl methyl sites for hydroxylation is 1. The minimum Gasteiger partial charge on any atom is -0.473 e. The lowest BCUT2D eigenvalue weighted by atomic mass is 9.95. The fraction of sp³-hybridized carbons (Fsp3) is 0.750. The molecule has 0 bridgehead atoms. The molecular weight excluding hydrogens is 550 g/mol. The molecule has 1 heterocycles. The Hall–Kier alpha value is -1.50. The lowest BCUT2D eigenvalue weighted by Gasteiger charge is -2.29. The van der Waals surface area contributed by atoms with Gasteiger partial charge in [0.15, 0.2) is 0 Å². The number of halogens is 5. The van der Waals surface area contributed by atoms with Crippen LogP contribution in [0, 0.1) is 6.92 Å². The molecule has 4 atom stereocenters. The Balaban J connectivity index is 0.000000346. The van der Waals surface area contributed by atoms with E-state index in [1.807, 2.05) is 31.9 Å². The molecule has 7 nitrogen and oxygen atoms in total. The Kier molecular flexibility index (Phi) is 13.4. The highest BCUT2D eigenvalue weighted by Gasteiger charge is 2.27. The predicted molar refractivity (Wildman–Crippen MR) is 132 cm³/mol. The summed E-state index contributed by atoms with van der Waals surface area (Å²) in [6.45, 7) is -0.678. The Morgan fingerprint density at radius 3 is 2.25 bits per heavy atom. The highest BCUT2D eigenvalue weighted by atomic mass is 79.9. The van der Waals surface area contributed by atoms with Gasteiger partial charge < -0.3 is 24.2 Å². The summed E-state index contributed by atoms with van der Waals surface area (Å²) in [5.74, 6) is 0.461. The van der Waals surface area contributed by atoms with E-state index >= 15 is 0 Å². The summed E-state index contributed by atoms with van der Waals surface area (Å²) in [5, 5.41) is 9.07. The lowest BCUT2D eigenvalue weighted by molar-refractivity contribution is -0.176. The van der Waals surface area contributed by atoms with Gasteiger partial charge in [0, 0.05) is 20.0 Å². The number of rotatable bonds is 9. The van der Waals surface area contributed by atoms with Crippen molar-refractivity contribution in [2.75, 3.05) is 13.6 Å². The largest absolute Gasteiger partial charge is 0.473 e. The van der Waals surface area contributed by atoms with E-state index in [1.54, 1.807) is 6.34 Å². The standard InChI is InChI=1S/C17H24BrF2N3O2.C7H12F2O2/c1-4-23(3)10-21-15-9-14(18)16(22-11(15)2)24-12-6-5-7-13(8-12)25-17(19)20;8-7(9)11-6-3-1-2-5(10)4-6/h9-10,12-13,17H,4-8H2,1-3H3;5-7,10H,1-4H2. The fourth-order valence-corrected chi connectivity index (χ4v) is 4.43. The SMILES string of the molecule is CCN(C)C=Nc1cc(Br)c(OC2CCCC(OC(F)F)C2)nc1C.OC1CCCC(OC(F)F)C1. The molecule has 4 unspecified atom stereocenters. The van der Waals surface area contributed by atoms with Crippen LogP contribution in [0.1, 0.15) is 64.0 Å². The highest BCUT2D eigenvalue weighted by Crippen LogP contribution is 2.33. The van der Waals surface area contributed by atoms with E-state index in [1.165, 1.54) is 0 Å². The third kappa shape index (κ3) is 11.3. The summed E-state index contributed by atoms with van der Waals surface area (Å²) < 4.78 is 63.6. The van der Waals surface area contributed by atoms with Crippen molar-refractivity contribution in [2.24, 2.45) is 4.99 Å². The number of hydrogen-bond acceptors (Lipinski definition) is 6. The van der Waals surface area contributed by atoms with Crippen LogP contribution in [-0.2, 0) is 9.47 Å². The van der Waals surface area contributed by atoms with E-state index < -0.39 is 31.5 Å². The normalized spacial score (nSPS) is 24.6. The second kappa shape index (κ2) is 15.7. The van der Waals surface area contributed by atoms with E-state index in [-0.39, 0.29) is 6.10 Å². The molecule has 206 valence electrons. The van der Waals surface area contributed by atoms with Crippen molar-refractivity contribution in [2.45, 2.75) is 103 Å². The van der Waals surface area contributed by atoms with Crippen LogP contribution < -0.4 is 4.74 Å². The number of ether oxygens (including phenoxy) is 3. The molecule has 0 amide bonds. The Morgan fingerprint density at radius 2 is 1.67 bits per heavy atom. The maximum atomic E-state index is 12.4. The first kappa shape index (κ1) is 30.7. The average Bonchev–Trinajstić information content (AvgIpc) is 2.80. The molecule has 2 aliphatic rings.